The summed E-state index contributed by atoms with van der Waals surface area (Å²) in [6.07, 6.45) is 3.08. The molecule has 0 aliphatic heterocycles. The highest BCUT2D eigenvalue weighted by Gasteiger charge is 2.49. The summed E-state index contributed by atoms with van der Waals surface area (Å²) >= 11 is 1.44. The first-order valence-electron chi connectivity index (χ1n) is 9.15. The Balaban J connectivity index is 2.04. The molecule has 0 bridgehead atoms. The standard InChI is InChI=1S/C21H23NOS/c1-4-21(15-8-6-5-7-9-15)18-14(10-16-19(21)24-13-22-16)11-20(2,3)12-17(18)23/h5-9,13H,4,10-12H2,1-3H3/t21-/m0/s1/i13D. The van der Waals surface area contributed by atoms with Crippen LogP contribution >= 0.6 is 11.3 Å². The van der Waals surface area contributed by atoms with Crippen LogP contribution in [0.15, 0.2) is 47.0 Å². The second-order valence-corrected chi connectivity index (χ2v) is 8.60. The van der Waals surface area contributed by atoms with E-state index in [0.29, 0.717) is 11.9 Å². The smallest absolute Gasteiger partial charge is 0.160 e. The van der Waals surface area contributed by atoms with Crippen LogP contribution in [-0.2, 0) is 16.6 Å². The Labute approximate surface area is 149 Å². The molecule has 2 nitrogen and oxygen atoms in total. The minimum atomic E-state index is -0.436. The number of carbonyl (C=O) groups excluding carboxylic acids is 1. The summed E-state index contributed by atoms with van der Waals surface area (Å²) in [5, 5.41) is 0. The molecule has 1 atom stereocenters. The summed E-state index contributed by atoms with van der Waals surface area (Å²) in [5.74, 6) is 0.280. The maximum Gasteiger partial charge on any atom is 0.160 e. The van der Waals surface area contributed by atoms with E-state index >= 15 is 0 Å². The maximum atomic E-state index is 13.3. The third-order valence-corrected chi connectivity index (χ3v) is 6.52. The van der Waals surface area contributed by atoms with Gasteiger partial charge in [0.15, 0.2) is 5.78 Å². The van der Waals surface area contributed by atoms with Crippen LogP contribution in [0.4, 0.5) is 0 Å². The number of benzene rings is 1. The quantitative estimate of drug-likeness (QED) is 0.764. The summed E-state index contributed by atoms with van der Waals surface area (Å²) in [4.78, 5) is 18.9. The molecular weight excluding hydrogens is 314 g/mol. The molecule has 3 heteroatoms. The van der Waals surface area contributed by atoms with Gasteiger partial charge in [-0.3, -0.25) is 4.79 Å². The average molecular weight is 338 g/mol. The fourth-order valence-corrected chi connectivity index (χ4v) is 5.70. The summed E-state index contributed by atoms with van der Waals surface area (Å²) in [7, 11) is 0. The first kappa shape index (κ1) is 14.6. The molecule has 2 aliphatic carbocycles. The van der Waals surface area contributed by atoms with E-state index < -0.39 is 5.41 Å². The molecule has 0 radical (unpaired) electrons. The van der Waals surface area contributed by atoms with E-state index in [2.05, 4.69) is 37.9 Å². The Hall–Kier alpha value is -1.74. The van der Waals surface area contributed by atoms with Crippen LogP contribution in [0.25, 0.3) is 0 Å². The van der Waals surface area contributed by atoms with Gasteiger partial charge in [0.25, 0.3) is 0 Å². The van der Waals surface area contributed by atoms with E-state index in [4.69, 9.17) is 1.37 Å². The lowest BCUT2D eigenvalue weighted by atomic mass is 9.59. The molecule has 0 saturated heterocycles. The van der Waals surface area contributed by atoms with E-state index in [1.54, 1.807) is 0 Å². The number of hydrogen-bond acceptors (Lipinski definition) is 3. The van der Waals surface area contributed by atoms with Crippen LogP contribution in [0.1, 0.15) is 57.5 Å². The molecule has 1 aromatic heterocycles. The zero-order chi connectivity index (χ0) is 17.8. The number of rotatable bonds is 2. The maximum absolute atomic E-state index is 13.3. The summed E-state index contributed by atoms with van der Waals surface area (Å²) in [6.45, 7) is 6.51. The lowest BCUT2D eigenvalue weighted by Crippen LogP contribution is -2.41. The van der Waals surface area contributed by atoms with Gasteiger partial charge < -0.3 is 0 Å². The molecule has 24 heavy (non-hydrogen) atoms. The number of fused-ring (bicyclic) bond motifs is 1. The lowest BCUT2D eigenvalue weighted by molar-refractivity contribution is -0.118. The van der Waals surface area contributed by atoms with Gasteiger partial charge in [-0.05, 0) is 23.8 Å². The second-order valence-electron chi connectivity index (χ2n) is 7.80. The Bertz CT molecular complexity index is 881. The number of allylic oxidation sites excluding steroid dienone is 2. The molecule has 2 aromatic rings. The number of thiazole rings is 1. The average Bonchev–Trinajstić information content (AvgIpc) is 2.92. The van der Waals surface area contributed by atoms with Gasteiger partial charge in [-0.25, -0.2) is 4.98 Å². The van der Waals surface area contributed by atoms with Crippen LogP contribution in [0.5, 0.6) is 0 Å². The van der Waals surface area contributed by atoms with Crippen molar-refractivity contribution in [2.24, 2.45) is 5.41 Å². The van der Waals surface area contributed by atoms with Crippen molar-refractivity contribution in [2.75, 3.05) is 0 Å². The molecule has 1 aromatic carbocycles. The number of ketones is 1. The van der Waals surface area contributed by atoms with Gasteiger partial charge >= 0.3 is 0 Å². The second kappa shape index (κ2) is 5.38. The molecule has 1 heterocycles. The molecule has 2 aliphatic rings. The molecule has 4 rings (SSSR count). The molecule has 0 N–H and O–H groups in total. The van der Waals surface area contributed by atoms with Crippen molar-refractivity contribution in [3.05, 3.63) is 63.1 Å². The zero-order valence-corrected chi connectivity index (χ0v) is 15.3. The highest BCUT2D eigenvalue weighted by molar-refractivity contribution is 7.10. The van der Waals surface area contributed by atoms with Crippen molar-refractivity contribution < 1.29 is 6.17 Å². The van der Waals surface area contributed by atoms with Gasteiger partial charge in [-0.2, -0.15) is 0 Å². The molecular formula is C21H23NOS. The number of hydrogen-bond donors (Lipinski definition) is 0. The third kappa shape index (κ3) is 2.14. The lowest BCUT2D eigenvalue weighted by Gasteiger charge is -2.44. The SMILES string of the molecule is [2H]c1nc2c(s1)[C@@](CC)(c1ccccc1)C1=C(C2)CC(C)(C)CC1=O. The van der Waals surface area contributed by atoms with Crippen molar-refractivity contribution >= 4 is 17.1 Å². The fraction of sp³-hybridized carbons (Fsp3) is 0.429. The van der Waals surface area contributed by atoms with Crippen molar-refractivity contribution in [1.82, 2.24) is 4.98 Å². The van der Waals surface area contributed by atoms with Gasteiger partial charge in [0.1, 0.15) is 0 Å². The fourth-order valence-electron chi connectivity index (χ4n) is 4.68. The number of Topliss-reactive ketones (excluding diaryl/α,β-unsaturated/α-hetero) is 1. The van der Waals surface area contributed by atoms with Crippen LogP contribution in [0.3, 0.4) is 0 Å². The van der Waals surface area contributed by atoms with Crippen molar-refractivity contribution in [3.63, 3.8) is 0 Å². The summed E-state index contributed by atoms with van der Waals surface area (Å²) < 4.78 is 8.10. The molecule has 0 amide bonds. The summed E-state index contributed by atoms with van der Waals surface area (Å²) in [5.41, 5.74) is 4.32. The van der Waals surface area contributed by atoms with Gasteiger partial charge in [0, 0.05) is 23.3 Å². The van der Waals surface area contributed by atoms with Gasteiger partial charge in [-0.1, -0.05) is 56.7 Å². The van der Waals surface area contributed by atoms with Gasteiger partial charge in [0.2, 0.25) is 0 Å². The van der Waals surface area contributed by atoms with Crippen molar-refractivity contribution in [2.45, 2.75) is 51.9 Å². The Morgan fingerprint density at radius 3 is 2.71 bits per heavy atom. The number of aromatic nitrogens is 1. The summed E-state index contributed by atoms with van der Waals surface area (Å²) in [6, 6.07) is 10.3. The predicted octanol–water partition coefficient (Wildman–Crippen LogP) is 5.08. The van der Waals surface area contributed by atoms with E-state index in [-0.39, 0.29) is 11.2 Å². The van der Waals surface area contributed by atoms with E-state index in [1.165, 1.54) is 16.9 Å². The van der Waals surface area contributed by atoms with Crippen molar-refractivity contribution in [1.29, 1.82) is 0 Å². The van der Waals surface area contributed by atoms with Crippen molar-refractivity contribution in [3.8, 4) is 0 Å². The minimum absolute atomic E-state index is 0.00338. The highest BCUT2D eigenvalue weighted by atomic mass is 32.1. The number of nitrogens with zero attached hydrogens (tertiary/aromatic N) is 1. The highest BCUT2D eigenvalue weighted by Crippen LogP contribution is 2.54. The van der Waals surface area contributed by atoms with E-state index in [1.807, 2.05) is 18.2 Å². The predicted molar refractivity (Wildman–Crippen MR) is 98.4 cm³/mol. The minimum Gasteiger partial charge on any atom is -0.294 e. The van der Waals surface area contributed by atoms with E-state index in [0.717, 1.165) is 41.0 Å². The molecule has 124 valence electrons. The monoisotopic (exact) mass is 338 g/mol. The largest absolute Gasteiger partial charge is 0.294 e. The molecule has 0 unspecified atom stereocenters. The van der Waals surface area contributed by atoms with Crippen LogP contribution in [0, 0.1) is 5.41 Å². The first-order valence-corrected chi connectivity index (χ1v) is 9.47. The molecule has 0 spiro atoms. The Morgan fingerprint density at radius 2 is 2.00 bits per heavy atom. The zero-order valence-electron chi connectivity index (χ0n) is 15.5. The van der Waals surface area contributed by atoms with Gasteiger partial charge in [-0.15, -0.1) is 11.3 Å². The Morgan fingerprint density at radius 1 is 1.25 bits per heavy atom. The van der Waals surface area contributed by atoms with E-state index in [9.17, 15) is 4.79 Å². The van der Waals surface area contributed by atoms with Crippen LogP contribution in [-0.4, -0.2) is 10.8 Å². The molecule has 0 fully saturated rings. The first-order chi connectivity index (χ1) is 11.9. The van der Waals surface area contributed by atoms with Crippen LogP contribution < -0.4 is 0 Å². The third-order valence-electron chi connectivity index (χ3n) is 5.55. The Kier molecular flexibility index (Phi) is 3.27. The molecule has 0 saturated carbocycles. The number of carbonyl (C=O) groups is 1. The topological polar surface area (TPSA) is 30.0 Å². The normalized spacial score (nSPS) is 26.0. The van der Waals surface area contributed by atoms with Gasteiger partial charge in [0.05, 0.1) is 18.0 Å². The van der Waals surface area contributed by atoms with Crippen LogP contribution in [0.2, 0.25) is 0 Å².